The second-order valence-corrected chi connectivity index (χ2v) is 22.0. The molecule has 2 rings (SSSR count). The van der Waals surface area contributed by atoms with Crippen molar-refractivity contribution in [3.63, 3.8) is 0 Å². The predicted molar refractivity (Wildman–Crippen MR) is 123 cm³/mol. The molecule has 0 N–H and O–H groups in total. The van der Waals surface area contributed by atoms with Gasteiger partial charge < -0.3 is 0 Å². The monoisotopic (exact) mass is 458 g/mol. The molecule has 0 fully saturated rings. The first-order chi connectivity index (χ1) is 12.7. The minimum absolute atomic E-state index is 1.35. The molecule has 26 heavy (non-hydrogen) atoms. The molecule has 0 aliphatic carbocycles. The maximum absolute atomic E-state index is 2.57. The molecule has 0 spiro atoms. The van der Waals surface area contributed by atoms with E-state index in [0.717, 1.165) is 0 Å². The van der Waals surface area contributed by atoms with Gasteiger partial charge in [-0.3, -0.25) is 0 Å². The van der Waals surface area contributed by atoms with Gasteiger partial charge in [0.1, 0.15) is 0 Å². The van der Waals surface area contributed by atoms with E-state index in [1.54, 1.807) is 13.3 Å². The van der Waals surface area contributed by atoms with Crippen LogP contribution in [0.4, 0.5) is 0 Å². The summed E-state index contributed by atoms with van der Waals surface area (Å²) >= 11 is -2.03. The number of rotatable bonds is 12. The van der Waals surface area contributed by atoms with E-state index in [0.29, 0.717) is 0 Å². The Kier molecular flexibility index (Phi) is 9.81. The Labute approximate surface area is 166 Å². The van der Waals surface area contributed by atoms with Crippen LogP contribution in [-0.4, -0.2) is 18.4 Å². The standard InChI is InChI=1S/C13H11.3C4H9.Sn/c1-2-6-11-8-5-9-12-7-3-4-10-13(11)12;3*1-3-4-2;/h2-10H,1H2;3*1,3-4H2,2H3;/b6-2+;;;;. The molecule has 0 aliphatic heterocycles. The maximum atomic E-state index is 2.57. The van der Waals surface area contributed by atoms with Gasteiger partial charge in [-0.15, -0.1) is 0 Å². The van der Waals surface area contributed by atoms with Crippen molar-refractivity contribution in [3.05, 3.63) is 54.1 Å². The van der Waals surface area contributed by atoms with Gasteiger partial charge in [0.15, 0.2) is 0 Å². The van der Waals surface area contributed by atoms with Crippen molar-refractivity contribution in [2.24, 2.45) is 0 Å². The molecule has 142 valence electrons. The van der Waals surface area contributed by atoms with Gasteiger partial charge in [-0.2, -0.15) is 0 Å². The zero-order chi connectivity index (χ0) is 18.7. The fourth-order valence-corrected chi connectivity index (χ4v) is 19.3. The molecule has 0 heterocycles. The number of benzene rings is 2. The van der Waals surface area contributed by atoms with Crippen molar-refractivity contribution < 1.29 is 0 Å². The van der Waals surface area contributed by atoms with Crippen molar-refractivity contribution in [2.75, 3.05) is 0 Å². The molecule has 0 radical (unpaired) electrons. The van der Waals surface area contributed by atoms with Crippen molar-refractivity contribution in [3.8, 4) is 0 Å². The van der Waals surface area contributed by atoms with Crippen LogP contribution in [-0.2, 0) is 0 Å². The summed E-state index contributed by atoms with van der Waals surface area (Å²) in [4.78, 5) is 0. The third-order valence-corrected chi connectivity index (χ3v) is 21.1. The summed E-state index contributed by atoms with van der Waals surface area (Å²) in [7, 11) is 0. The molecular formula is C25H38Sn. The third-order valence-electron chi connectivity index (χ3n) is 5.85. The molecule has 1 heteroatoms. The van der Waals surface area contributed by atoms with E-state index in [4.69, 9.17) is 0 Å². The quantitative estimate of drug-likeness (QED) is 0.280. The van der Waals surface area contributed by atoms with E-state index < -0.39 is 18.4 Å². The van der Waals surface area contributed by atoms with Crippen molar-refractivity contribution in [1.29, 1.82) is 0 Å². The second-order valence-electron chi connectivity index (χ2n) is 7.99. The van der Waals surface area contributed by atoms with E-state index in [-0.39, 0.29) is 0 Å². The summed E-state index contributed by atoms with van der Waals surface area (Å²) in [5.41, 5.74) is 1.39. The van der Waals surface area contributed by atoms with Crippen LogP contribution in [0.5, 0.6) is 0 Å². The molecule has 0 saturated heterocycles. The van der Waals surface area contributed by atoms with Gasteiger partial charge in [0.05, 0.1) is 0 Å². The summed E-state index contributed by atoms with van der Waals surface area (Å²) in [6.07, 6.45) is 13.5. The molecule has 2 aromatic rings. The van der Waals surface area contributed by atoms with Gasteiger partial charge >= 0.3 is 166 Å². The number of unbranched alkanes of at least 4 members (excludes halogenated alkanes) is 3. The zero-order valence-electron chi connectivity index (χ0n) is 17.3. The summed E-state index contributed by atoms with van der Waals surface area (Å²) in [6, 6.07) is 15.5. The van der Waals surface area contributed by atoms with E-state index in [1.165, 1.54) is 59.3 Å². The molecule has 0 nitrogen and oxygen atoms in total. The third kappa shape index (κ3) is 6.44. The topological polar surface area (TPSA) is 0 Å². The first-order valence-corrected chi connectivity index (χ1v) is 19.0. The summed E-state index contributed by atoms with van der Waals surface area (Å²) < 4.78 is 6.25. The predicted octanol–water partition coefficient (Wildman–Crippen LogP) is 8.70. The van der Waals surface area contributed by atoms with Crippen LogP contribution < -0.4 is 0 Å². The first kappa shape index (κ1) is 21.5. The number of fused-ring (bicyclic) bond motifs is 1. The van der Waals surface area contributed by atoms with E-state index in [2.05, 4.69) is 75.4 Å². The van der Waals surface area contributed by atoms with Crippen LogP contribution in [0.2, 0.25) is 17.7 Å². The number of allylic oxidation sites excluding steroid dienone is 1. The minimum atomic E-state index is -2.03. The van der Waals surface area contributed by atoms with E-state index in [1.807, 2.05) is 0 Å². The van der Waals surface area contributed by atoms with E-state index >= 15 is 0 Å². The molecule has 0 saturated carbocycles. The van der Waals surface area contributed by atoms with Crippen LogP contribution in [0.25, 0.3) is 16.8 Å². The van der Waals surface area contributed by atoms with Crippen LogP contribution in [0.15, 0.2) is 48.5 Å². The summed E-state index contributed by atoms with van der Waals surface area (Å²) in [6.45, 7) is 7.09. The normalized spacial score (nSPS) is 12.3. The average Bonchev–Trinajstić information content (AvgIpc) is 2.69. The molecule has 2 aromatic carbocycles. The Morgan fingerprint density at radius 3 is 1.92 bits per heavy atom. The molecule has 0 aliphatic rings. The first-order valence-electron chi connectivity index (χ1n) is 10.9. The SMILES string of the molecule is CCC[CH2][Sn]([CH2]/C=C/c1cccc2ccccc12)([CH2]CCC)[CH2]CCC. The Morgan fingerprint density at radius 2 is 1.31 bits per heavy atom. The van der Waals surface area contributed by atoms with Gasteiger partial charge in [-0.05, 0) is 0 Å². The van der Waals surface area contributed by atoms with Crippen LogP contribution >= 0.6 is 0 Å². The van der Waals surface area contributed by atoms with Gasteiger partial charge in [-0.1, -0.05) is 0 Å². The number of hydrogen-bond acceptors (Lipinski definition) is 0. The Morgan fingerprint density at radius 1 is 0.731 bits per heavy atom. The molecule has 0 atom stereocenters. The summed E-state index contributed by atoms with van der Waals surface area (Å²) in [5, 5.41) is 2.75. The molecule has 0 amide bonds. The summed E-state index contributed by atoms with van der Waals surface area (Å²) in [5.74, 6) is 0. The second kappa shape index (κ2) is 11.8. The van der Waals surface area contributed by atoms with Crippen molar-refractivity contribution in [2.45, 2.75) is 77.0 Å². The molecule has 0 unspecified atom stereocenters. The van der Waals surface area contributed by atoms with Gasteiger partial charge in [0.2, 0.25) is 0 Å². The zero-order valence-corrected chi connectivity index (χ0v) is 20.1. The van der Waals surface area contributed by atoms with Crippen molar-refractivity contribution >= 4 is 35.2 Å². The Bertz CT molecular complexity index is 644. The Hall–Kier alpha value is -0.761. The van der Waals surface area contributed by atoms with Crippen LogP contribution in [0.1, 0.15) is 64.9 Å². The van der Waals surface area contributed by atoms with E-state index in [9.17, 15) is 0 Å². The van der Waals surface area contributed by atoms with Crippen LogP contribution in [0.3, 0.4) is 0 Å². The Balaban J connectivity index is 2.18. The molecule has 0 aromatic heterocycles. The van der Waals surface area contributed by atoms with Crippen molar-refractivity contribution in [1.82, 2.24) is 0 Å². The van der Waals surface area contributed by atoms with Crippen LogP contribution in [0, 0.1) is 0 Å². The van der Waals surface area contributed by atoms with Gasteiger partial charge in [0, 0.05) is 0 Å². The average molecular weight is 457 g/mol. The fraction of sp³-hybridized carbons (Fsp3) is 0.520. The fourth-order valence-electron chi connectivity index (χ4n) is 4.17. The molecular weight excluding hydrogens is 419 g/mol. The molecule has 0 bridgehead atoms. The number of hydrogen-bond donors (Lipinski definition) is 0. The van der Waals surface area contributed by atoms with Gasteiger partial charge in [0.25, 0.3) is 0 Å². The van der Waals surface area contributed by atoms with Gasteiger partial charge in [-0.25, -0.2) is 0 Å².